The third kappa shape index (κ3) is 4.77. The van der Waals surface area contributed by atoms with Crippen molar-refractivity contribution >= 4 is 17.7 Å². The first-order valence-electron chi connectivity index (χ1n) is 13.8. The highest BCUT2D eigenvalue weighted by atomic mass is 16.5. The molecule has 2 saturated heterocycles. The number of hydrogen-bond donors (Lipinski definition) is 1. The first kappa shape index (κ1) is 26.2. The predicted octanol–water partition coefficient (Wildman–Crippen LogP) is 2.45. The molecule has 0 radical (unpaired) electrons. The van der Waals surface area contributed by atoms with Crippen LogP contribution in [0.3, 0.4) is 0 Å². The van der Waals surface area contributed by atoms with Gasteiger partial charge >= 0.3 is 0 Å². The van der Waals surface area contributed by atoms with Crippen LogP contribution in [0.5, 0.6) is 0 Å². The van der Waals surface area contributed by atoms with Gasteiger partial charge in [0.15, 0.2) is 5.82 Å². The van der Waals surface area contributed by atoms with Crippen LogP contribution in [0, 0.1) is 29.6 Å². The summed E-state index contributed by atoms with van der Waals surface area (Å²) < 4.78 is 6.99. The molecule has 1 aliphatic carbocycles. The van der Waals surface area contributed by atoms with Crippen molar-refractivity contribution in [3.8, 4) is 0 Å². The maximum atomic E-state index is 13.6. The molecule has 3 atom stereocenters. The van der Waals surface area contributed by atoms with Crippen molar-refractivity contribution in [1.29, 1.82) is 0 Å². The van der Waals surface area contributed by atoms with E-state index in [4.69, 9.17) is 4.52 Å². The van der Waals surface area contributed by atoms with Crippen molar-refractivity contribution in [2.24, 2.45) is 22.7 Å². The van der Waals surface area contributed by atoms with Crippen molar-refractivity contribution in [2.75, 3.05) is 26.2 Å². The van der Waals surface area contributed by atoms with Gasteiger partial charge in [-0.05, 0) is 31.2 Å². The molecule has 2 aliphatic heterocycles. The van der Waals surface area contributed by atoms with E-state index in [2.05, 4.69) is 34.4 Å². The highest BCUT2D eigenvalue weighted by Crippen LogP contribution is 2.54. The second-order valence-corrected chi connectivity index (χ2v) is 12.4. The molecular formula is C29H35N7O4. The molecule has 11 nitrogen and oxygen atoms in total. The SMILES string of the molecule is Cc1noc([C@H](C)NC(=O)[C@@H]2CN(C(=O)c3cnn(Cc4ccccc4)c3)CC23CN(C(=O)[C@H]2CC2(C)C)C3)n1. The largest absolute Gasteiger partial charge is 0.344 e. The number of carbonyl (C=O) groups excluding carboxylic acids is 3. The number of aromatic nitrogens is 4. The number of hydrogen-bond acceptors (Lipinski definition) is 7. The molecule has 11 heteroatoms. The summed E-state index contributed by atoms with van der Waals surface area (Å²) in [6.07, 6.45) is 4.22. The number of nitrogens with one attached hydrogen (secondary N) is 1. The molecule has 3 aromatic rings. The zero-order valence-corrected chi connectivity index (χ0v) is 23.3. The van der Waals surface area contributed by atoms with Gasteiger partial charge in [-0.1, -0.05) is 49.3 Å². The first-order valence-corrected chi connectivity index (χ1v) is 13.8. The van der Waals surface area contributed by atoms with Gasteiger partial charge in [-0.2, -0.15) is 10.1 Å². The molecule has 1 spiro atoms. The van der Waals surface area contributed by atoms with E-state index in [1.54, 1.807) is 35.8 Å². The van der Waals surface area contributed by atoms with Gasteiger partial charge in [0.25, 0.3) is 5.91 Å². The summed E-state index contributed by atoms with van der Waals surface area (Å²) in [5.74, 6) is 0.189. The molecule has 4 heterocycles. The maximum Gasteiger partial charge on any atom is 0.257 e. The van der Waals surface area contributed by atoms with Crippen LogP contribution < -0.4 is 5.32 Å². The Kier molecular flexibility index (Phi) is 6.27. The molecule has 3 fully saturated rings. The standard InChI is InChI=1S/C29H35N7O4/c1-18(25-32-19(2)33-40-25)31-24(37)23-14-34(15-29(23)16-35(17-29)27(39)22-10-28(22,3)4)26(38)21-11-30-36(13-21)12-20-8-6-5-7-9-20/h5-9,11,13,18,22-23H,10,12,14-17H2,1-4H3,(H,31,37)/t18-,22+,23-/m0/s1. The number of likely N-dealkylation sites (tertiary alicyclic amines) is 2. The lowest BCUT2D eigenvalue weighted by molar-refractivity contribution is -0.151. The van der Waals surface area contributed by atoms with E-state index in [0.29, 0.717) is 43.5 Å². The highest BCUT2D eigenvalue weighted by molar-refractivity contribution is 5.95. The van der Waals surface area contributed by atoms with E-state index >= 15 is 0 Å². The Labute approximate surface area is 232 Å². The Hall–Kier alpha value is -4.02. The number of carbonyl (C=O) groups is 3. The minimum atomic E-state index is -0.501. The van der Waals surface area contributed by atoms with Crippen LogP contribution in [0.4, 0.5) is 0 Å². The van der Waals surface area contributed by atoms with E-state index in [-0.39, 0.29) is 35.6 Å². The van der Waals surface area contributed by atoms with Gasteiger partial charge in [0.1, 0.15) is 6.04 Å². The van der Waals surface area contributed by atoms with Gasteiger partial charge in [0, 0.05) is 43.7 Å². The molecule has 3 amide bonds. The van der Waals surface area contributed by atoms with E-state index < -0.39 is 17.4 Å². The lowest BCUT2D eigenvalue weighted by Gasteiger charge is -2.50. The zero-order valence-electron chi connectivity index (χ0n) is 23.3. The third-order valence-corrected chi connectivity index (χ3v) is 8.73. The topological polar surface area (TPSA) is 126 Å². The molecule has 40 heavy (non-hydrogen) atoms. The molecular weight excluding hydrogens is 510 g/mol. The fourth-order valence-corrected chi connectivity index (χ4v) is 6.16. The van der Waals surface area contributed by atoms with Crippen LogP contribution >= 0.6 is 0 Å². The van der Waals surface area contributed by atoms with Crippen LogP contribution in [0.25, 0.3) is 0 Å². The highest BCUT2D eigenvalue weighted by Gasteiger charge is 2.62. The van der Waals surface area contributed by atoms with E-state index in [9.17, 15) is 14.4 Å². The van der Waals surface area contributed by atoms with Crippen molar-refractivity contribution in [2.45, 2.75) is 46.7 Å². The number of nitrogens with zero attached hydrogens (tertiary/aromatic N) is 6. The Morgan fingerprint density at radius 2 is 1.80 bits per heavy atom. The van der Waals surface area contributed by atoms with Crippen molar-refractivity contribution in [3.63, 3.8) is 0 Å². The number of aryl methyl sites for hydroxylation is 1. The number of amides is 3. The van der Waals surface area contributed by atoms with Crippen molar-refractivity contribution in [3.05, 3.63) is 65.6 Å². The minimum absolute atomic E-state index is 0.0336. The summed E-state index contributed by atoms with van der Waals surface area (Å²) >= 11 is 0. The molecule has 3 aliphatic rings. The summed E-state index contributed by atoms with van der Waals surface area (Å²) in [5, 5.41) is 11.2. The Morgan fingerprint density at radius 1 is 1.10 bits per heavy atom. The van der Waals surface area contributed by atoms with Crippen LogP contribution in [-0.4, -0.2) is 73.6 Å². The maximum absolute atomic E-state index is 13.6. The summed E-state index contributed by atoms with van der Waals surface area (Å²) in [4.78, 5) is 48.1. The predicted molar refractivity (Wildman–Crippen MR) is 144 cm³/mol. The number of rotatable bonds is 7. The van der Waals surface area contributed by atoms with Crippen molar-refractivity contribution < 1.29 is 18.9 Å². The molecule has 210 valence electrons. The summed E-state index contributed by atoms with van der Waals surface area (Å²) in [7, 11) is 0. The summed E-state index contributed by atoms with van der Waals surface area (Å²) in [6, 6.07) is 9.45. The molecule has 2 aromatic heterocycles. The van der Waals surface area contributed by atoms with E-state index in [1.807, 2.05) is 35.2 Å². The molecule has 1 saturated carbocycles. The molecule has 1 aromatic carbocycles. The van der Waals surface area contributed by atoms with Gasteiger partial charge in [-0.15, -0.1) is 0 Å². The van der Waals surface area contributed by atoms with Gasteiger partial charge < -0.3 is 19.6 Å². The monoisotopic (exact) mass is 545 g/mol. The average molecular weight is 546 g/mol. The second-order valence-electron chi connectivity index (χ2n) is 12.4. The smallest absolute Gasteiger partial charge is 0.257 e. The van der Waals surface area contributed by atoms with Crippen LogP contribution in [0.2, 0.25) is 0 Å². The van der Waals surface area contributed by atoms with Gasteiger partial charge in [-0.3, -0.25) is 19.1 Å². The first-order chi connectivity index (χ1) is 19.0. The lowest BCUT2D eigenvalue weighted by atomic mass is 9.70. The Morgan fingerprint density at radius 3 is 2.45 bits per heavy atom. The fourth-order valence-electron chi connectivity index (χ4n) is 6.16. The van der Waals surface area contributed by atoms with Crippen LogP contribution in [-0.2, 0) is 16.1 Å². The quantitative estimate of drug-likeness (QED) is 0.483. The van der Waals surface area contributed by atoms with Gasteiger partial charge in [0.2, 0.25) is 17.7 Å². The summed E-state index contributed by atoms with van der Waals surface area (Å²) in [6.45, 7) is 9.88. The van der Waals surface area contributed by atoms with Crippen LogP contribution in [0.1, 0.15) is 60.9 Å². The van der Waals surface area contributed by atoms with Crippen LogP contribution in [0.15, 0.2) is 47.2 Å². The third-order valence-electron chi connectivity index (χ3n) is 8.73. The molecule has 1 N–H and O–H groups in total. The molecule has 0 bridgehead atoms. The van der Waals surface area contributed by atoms with Gasteiger partial charge in [-0.25, -0.2) is 0 Å². The lowest BCUT2D eigenvalue weighted by Crippen LogP contribution is -2.64. The number of benzene rings is 1. The summed E-state index contributed by atoms with van der Waals surface area (Å²) in [5.41, 5.74) is 1.10. The normalized spacial score (nSPS) is 23.1. The molecule has 6 rings (SSSR count). The zero-order chi connectivity index (χ0) is 28.2. The van der Waals surface area contributed by atoms with Gasteiger partial charge in [0.05, 0.1) is 24.2 Å². The Balaban J connectivity index is 1.18. The fraction of sp³-hybridized carbons (Fsp3) is 0.517. The molecule has 0 unspecified atom stereocenters. The second kappa shape index (κ2) is 9.57. The minimum Gasteiger partial charge on any atom is -0.344 e. The Bertz CT molecular complexity index is 1440. The van der Waals surface area contributed by atoms with E-state index in [0.717, 1.165) is 12.0 Å². The van der Waals surface area contributed by atoms with Crippen molar-refractivity contribution in [1.82, 2.24) is 35.0 Å². The average Bonchev–Trinajstić information content (AvgIpc) is 3.36. The van der Waals surface area contributed by atoms with E-state index in [1.165, 1.54) is 0 Å².